The summed E-state index contributed by atoms with van der Waals surface area (Å²) in [6, 6.07) is 6.69. The number of hydrogen-bond acceptors (Lipinski definition) is 4. The second-order valence-corrected chi connectivity index (χ2v) is 7.21. The van der Waals surface area contributed by atoms with E-state index in [9.17, 15) is 9.18 Å². The normalized spacial score (nSPS) is 21.0. The molecule has 2 saturated heterocycles. The molecule has 0 bridgehead atoms. The summed E-state index contributed by atoms with van der Waals surface area (Å²) in [5.41, 5.74) is 1.58. The van der Waals surface area contributed by atoms with E-state index in [1.165, 1.54) is 10.7 Å². The van der Waals surface area contributed by atoms with E-state index in [1.807, 2.05) is 11.8 Å². The van der Waals surface area contributed by atoms with Gasteiger partial charge in [0.05, 0.1) is 30.7 Å². The van der Waals surface area contributed by atoms with Crippen molar-refractivity contribution in [2.24, 2.45) is 0 Å². The molecule has 1 aromatic carbocycles. The van der Waals surface area contributed by atoms with Gasteiger partial charge in [0.2, 0.25) is 0 Å². The van der Waals surface area contributed by atoms with Crippen LogP contribution < -0.4 is 0 Å². The topological polar surface area (TPSA) is 50.6 Å². The fraction of sp³-hybridized carbons (Fsp3) is 0.500. The smallest absolute Gasteiger partial charge is 0.257 e. The van der Waals surface area contributed by atoms with Crippen LogP contribution in [0.4, 0.5) is 4.39 Å². The minimum atomic E-state index is -0.353. The van der Waals surface area contributed by atoms with Gasteiger partial charge in [-0.25, -0.2) is 9.07 Å². The maximum Gasteiger partial charge on any atom is 0.257 e. The molecule has 0 aliphatic carbocycles. The number of rotatable bonds is 4. The second kappa shape index (κ2) is 7.78. The molecule has 7 heteroatoms. The number of aromatic nitrogens is 2. The molecule has 0 N–H and O–H groups in total. The number of hydrogen-bond donors (Lipinski definition) is 0. The molecule has 1 amide bonds. The van der Waals surface area contributed by atoms with E-state index < -0.39 is 0 Å². The summed E-state index contributed by atoms with van der Waals surface area (Å²) in [6.07, 6.45) is 3.60. The molecule has 2 aliphatic heterocycles. The van der Waals surface area contributed by atoms with E-state index in [1.54, 1.807) is 24.4 Å². The summed E-state index contributed by atoms with van der Waals surface area (Å²) in [5, 5.41) is 4.28. The average Bonchev–Trinajstić information content (AvgIpc) is 3.29. The zero-order valence-electron chi connectivity index (χ0n) is 15.6. The minimum Gasteiger partial charge on any atom is -0.379 e. The zero-order valence-corrected chi connectivity index (χ0v) is 15.6. The Kier molecular flexibility index (Phi) is 5.22. The molecule has 2 fully saturated rings. The molecule has 27 heavy (non-hydrogen) atoms. The molecule has 0 saturated carbocycles. The molecular formula is C20H25FN4O2. The molecule has 1 unspecified atom stereocenters. The maximum absolute atomic E-state index is 14.1. The number of para-hydroxylation sites is 1. The van der Waals surface area contributed by atoms with E-state index in [-0.39, 0.29) is 17.8 Å². The highest BCUT2D eigenvalue weighted by molar-refractivity contribution is 5.95. The summed E-state index contributed by atoms with van der Waals surface area (Å²) < 4.78 is 21.0. The fourth-order valence-corrected chi connectivity index (χ4v) is 4.02. The molecule has 144 valence electrons. The molecule has 1 atom stereocenters. The van der Waals surface area contributed by atoms with Gasteiger partial charge in [0.1, 0.15) is 11.5 Å². The maximum atomic E-state index is 14.1. The first-order valence-corrected chi connectivity index (χ1v) is 9.56. The fourth-order valence-electron chi connectivity index (χ4n) is 4.02. The first-order valence-electron chi connectivity index (χ1n) is 9.56. The Labute approximate surface area is 158 Å². The lowest BCUT2D eigenvalue weighted by Gasteiger charge is -2.32. The molecule has 6 nitrogen and oxygen atoms in total. The van der Waals surface area contributed by atoms with Crippen LogP contribution in [0.2, 0.25) is 0 Å². The average molecular weight is 372 g/mol. The van der Waals surface area contributed by atoms with Gasteiger partial charge in [0.25, 0.3) is 5.91 Å². The van der Waals surface area contributed by atoms with Crippen LogP contribution in [0.25, 0.3) is 5.69 Å². The van der Waals surface area contributed by atoms with E-state index in [0.717, 1.165) is 52.2 Å². The molecule has 1 aromatic heterocycles. The van der Waals surface area contributed by atoms with Gasteiger partial charge in [0, 0.05) is 32.2 Å². The van der Waals surface area contributed by atoms with Crippen molar-refractivity contribution in [1.29, 1.82) is 0 Å². The van der Waals surface area contributed by atoms with Gasteiger partial charge in [0.15, 0.2) is 0 Å². The number of nitrogens with zero attached hydrogens (tertiary/aromatic N) is 4. The number of carbonyl (C=O) groups excluding carboxylic acids is 1. The van der Waals surface area contributed by atoms with E-state index in [4.69, 9.17) is 4.74 Å². The molecule has 0 spiro atoms. The third-order valence-electron chi connectivity index (χ3n) is 5.53. The number of morpholine rings is 1. The predicted octanol–water partition coefficient (Wildman–Crippen LogP) is 2.26. The first kappa shape index (κ1) is 18.1. The number of carbonyl (C=O) groups is 1. The van der Waals surface area contributed by atoms with Gasteiger partial charge in [-0.05, 0) is 31.9 Å². The SMILES string of the molecule is Cc1c(C(=O)N2CCCC2CN2CCOCC2)cnn1-c1ccccc1F. The van der Waals surface area contributed by atoms with Gasteiger partial charge in [-0.3, -0.25) is 9.69 Å². The van der Waals surface area contributed by atoms with Crippen LogP contribution in [0.15, 0.2) is 30.5 Å². The zero-order chi connectivity index (χ0) is 18.8. The number of ether oxygens (including phenoxy) is 1. The highest BCUT2D eigenvalue weighted by atomic mass is 19.1. The monoisotopic (exact) mass is 372 g/mol. The number of likely N-dealkylation sites (tertiary alicyclic amines) is 1. The highest BCUT2D eigenvalue weighted by Gasteiger charge is 2.32. The lowest BCUT2D eigenvalue weighted by atomic mass is 10.1. The summed E-state index contributed by atoms with van der Waals surface area (Å²) in [4.78, 5) is 17.5. The number of amides is 1. The van der Waals surface area contributed by atoms with Crippen LogP contribution in [0, 0.1) is 12.7 Å². The van der Waals surface area contributed by atoms with Crippen LogP contribution >= 0.6 is 0 Å². The second-order valence-electron chi connectivity index (χ2n) is 7.21. The van der Waals surface area contributed by atoms with Crippen molar-refractivity contribution in [3.8, 4) is 5.69 Å². The van der Waals surface area contributed by atoms with Crippen LogP contribution in [0.1, 0.15) is 28.9 Å². The van der Waals surface area contributed by atoms with Crippen molar-refractivity contribution in [3.05, 3.63) is 47.5 Å². The van der Waals surface area contributed by atoms with Crippen molar-refractivity contribution in [2.75, 3.05) is 39.4 Å². The standard InChI is InChI=1S/C20H25FN4O2/c1-15-17(13-22-25(15)19-7-3-2-6-18(19)21)20(26)24-8-4-5-16(24)14-23-9-11-27-12-10-23/h2-3,6-7,13,16H,4-5,8-12,14H2,1H3. The van der Waals surface area contributed by atoms with E-state index in [0.29, 0.717) is 16.9 Å². The van der Waals surface area contributed by atoms with Gasteiger partial charge in [-0.1, -0.05) is 12.1 Å². The van der Waals surface area contributed by atoms with Crippen molar-refractivity contribution in [1.82, 2.24) is 19.6 Å². The third kappa shape index (κ3) is 3.61. The van der Waals surface area contributed by atoms with Crippen molar-refractivity contribution >= 4 is 5.91 Å². The molecule has 4 rings (SSSR count). The van der Waals surface area contributed by atoms with Gasteiger partial charge < -0.3 is 9.64 Å². The Morgan fingerprint density at radius 2 is 2.04 bits per heavy atom. The highest BCUT2D eigenvalue weighted by Crippen LogP contribution is 2.24. The number of halogens is 1. The van der Waals surface area contributed by atoms with Crippen LogP contribution in [0.3, 0.4) is 0 Å². The van der Waals surface area contributed by atoms with Crippen LogP contribution in [-0.2, 0) is 4.74 Å². The molecule has 2 aromatic rings. The van der Waals surface area contributed by atoms with Gasteiger partial charge in [-0.2, -0.15) is 5.10 Å². The molecule has 3 heterocycles. The third-order valence-corrected chi connectivity index (χ3v) is 5.53. The van der Waals surface area contributed by atoms with Crippen molar-refractivity contribution in [3.63, 3.8) is 0 Å². The van der Waals surface area contributed by atoms with E-state index in [2.05, 4.69) is 10.00 Å². The summed E-state index contributed by atoms with van der Waals surface area (Å²) >= 11 is 0. The Morgan fingerprint density at radius 3 is 2.81 bits per heavy atom. The Hall–Kier alpha value is -2.25. The molecule has 0 radical (unpaired) electrons. The first-order chi connectivity index (χ1) is 13.1. The van der Waals surface area contributed by atoms with Crippen LogP contribution in [0.5, 0.6) is 0 Å². The lowest BCUT2D eigenvalue weighted by molar-refractivity contribution is 0.0261. The van der Waals surface area contributed by atoms with E-state index >= 15 is 0 Å². The summed E-state index contributed by atoms with van der Waals surface area (Å²) in [5.74, 6) is -0.361. The van der Waals surface area contributed by atoms with Crippen molar-refractivity contribution in [2.45, 2.75) is 25.8 Å². The molecular weight excluding hydrogens is 347 g/mol. The Bertz CT molecular complexity index is 816. The van der Waals surface area contributed by atoms with Crippen molar-refractivity contribution < 1.29 is 13.9 Å². The number of benzene rings is 1. The lowest BCUT2D eigenvalue weighted by Crippen LogP contribution is -2.46. The quantitative estimate of drug-likeness (QED) is 0.826. The minimum absolute atomic E-state index is 0.00847. The predicted molar refractivity (Wildman–Crippen MR) is 99.6 cm³/mol. The molecule has 2 aliphatic rings. The van der Waals surface area contributed by atoms with Gasteiger partial charge >= 0.3 is 0 Å². The summed E-state index contributed by atoms with van der Waals surface area (Å²) in [6.45, 7) is 6.82. The largest absolute Gasteiger partial charge is 0.379 e. The van der Waals surface area contributed by atoms with Crippen LogP contribution in [-0.4, -0.2) is 70.9 Å². The Morgan fingerprint density at radius 1 is 1.26 bits per heavy atom. The Balaban J connectivity index is 1.53. The summed E-state index contributed by atoms with van der Waals surface area (Å²) in [7, 11) is 0. The van der Waals surface area contributed by atoms with Gasteiger partial charge in [-0.15, -0.1) is 0 Å².